The van der Waals surface area contributed by atoms with E-state index in [4.69, 9.17) is 5.73 Å². The molecule has 1 saturated heterocycles. The maximum Gasteiger partial charge on any atom is 0.250 e. The van der Waals surface area contributed by atoms with E-state index in [-0.39, 0.29) is 5.91 Å². The van der Waals surface area contributed by atoms with Crippen LogP contribution in [0.2, 0.25) is 0 Å². The van der Waals surface area contributed by atoms with Crippen molar-refractivity contribution in [1.29, 1.82) is 0 Å². The number of nitrogens with two attached hydrogens (primary N) is 1. The van der Waals surface area contributed by atoms with Gasteiger partial charge in [-0.1, -0.05) is 18.6 Å². The van der Waals surface area contributed by atoms with Crippen LogP contribution >= 0.6 is 0 Å². The van der Waals surface area contributed by atoms with Crippen LogP contribution in [0.4, 0.5) is 5.69 Å². The lowest BCUT2D eigenvalue weighted by Crippen LogP contribution is -2.47. The summed E-state index contributed by atoms with van der Waals surface area (Å²) in [4.78, 5) is 25.8. The normalized spacial score (nSPS) is 22.8. The summed E-state index contributed by atoms with van der Waals surface area (Å²) in [7, 11) is 0. The first-order valence-electron chi connectivity index (χ1n) is 7.43. The van der Waals surface area contributed by atoms with Gasteiger partial charge in [0, 0.05) is 12.1 Å². The zero-order valence-electron chi connectivity index (χ0n) is 12.6. The lowest BCUT2D eigenvalue weighted by Gasteiger charge is -2.38. The number of rotatable bonds is 4. The van der Waals surface area contributed by atoms with Crippen LogP contribution in [0, 0.1) is 0 Å². The number of anilines is 1. The molecule has 0 aromatic heterocycles. The van der Waals surface area contributed by atoms with Gasteiger partial charge < -0.3 is 11.1 Å². The van der Waals surface area contributed by atoms with Crippen molar-refractivity contribution in [1.82, 2.24) is 4.90 Å². The third kappa shape index (κ3) is 3.82. The molecule has 21 heavy (non-hydrogen) atoms. The Balaban J connectivity index is 2.03. The lowest BCUT2D eigenvalue weighted by atomic mass is 9.97. The molecule has 0 saturated carbocycles. The van der Waals surface area contributed by atoms with Crippen molar-refractivity contribution in [2.45, 2.75) is 45.2 Å². The van der Waals surface area contributed by atoms with Crippen LogP contribution < -0.4 is 11.1 Å². The van der Waals surface area contributed by atoms with Crippen LogP contribution in [0.25, 0.3) is 0 Å². The number of benzene rings is 1. The Hall–Kier alpha value is -1.88. The lowest BCUT2D eigenvalue weighted by molar-refractivity contribution is -0.118. The Labute approximate surface area is 125 Å². The first kappa shape index (κ1) is 15.5. The van der Waals surface area contributed by atoms with Crippen molar-refractivity contribution in [3.8, 4) is 0 Å². The maximum absolute atomic E-state index is 12.2. The van der Waals surface area contributed by atoms with E-state index >= 15 is 0 Å². The number of hydrogen-bond donors (Lipinski definition) is 2. The van der Waals surface area contributed by atoms with Gasteiger partial charge in [-0.2, -0.15) is 0 Å². The smallest absolute Gasteiger partial charge is 0.250 e. The monoisotopic (exact) mass is 289 g/mol. The minimum Gasteiger partial charge on any atom is -0.366 e. The predicted molar refractivity (Wildman–Crippen MR) is 83.1 cm³/mol. The number of primary amides is 1. The molecule has 1 aliphatic heterocycles. The largest absolute Gasteiger partial charge is 0.366 e. The van der Waals surface area contributed by atoms with Crippen LogP contribution in [-0.2, 0) is 4.79 Å². The summed E-state index contributed by atoms with van der Waals surface area (Å²) in [6, 6.07) is 7.63. The highest BCUT2D eigenvalue weighted by Crippen LogP contribution is 2.22. The predicted octanol–water partition coefficient (Wildman–Crippen LogP) is 1.99. The van der Waals surface area contributed by atoms with Gasteiger partial charge in [0.1, 0.15) is 0 Å². The fourth-order valence-corrected chi connectivity index (χ4v) is 2.95. The Kier molecular flexibility index (Phi) is 4.96. The summed E-state index contributed by atoms with van der Waals surface area (Å²) < 4.78 is 0. The van der Waals surface area contributed by atoms with Crippen LogP contribution in [0.1, 0.15) is 43.5 Å². The van der Waals surface area contributed by atoms with Gasteiger partial charge in [0.25, 0.3) is 5.91 Å². The Morgan fingerprint density at radius 2 is 1.86 bits per heavy atom. The van der Waals surface area contributed by atoms with Crippen molar-refractivity contribution < 1.29 is 9.59 Å². The molecule has 2 atom stereocenters. The minimum atomic E-state index is -0.536. The molecule has 1 aromatic carbocycles. The molecule has 114 valence electrons. The van der Waals surface area contributed by atoms with Crippen molar-refractivity contribution in [3.05, 3.63) is 29.8 Å². The number of amides is 2. The average molecular weight is 289 g/mol. The van der Waals surface area contributed by atoms with Gasteiger partial charge in [0.05, 0.1) is 17.8 Å². The SMILES string of the molecule is CC1CCCC(C)N1CC(=O)Nc1ccccc1C(N)=O. The fourth-order valence-electron chi connectivity index (χ4n) is 2.95. The van der Waals surface area contributed by atoms with Crippen LogP contribution in [0.3, 0.4) is 0 Å². The fraction of sp³-hybridized carbons (Fsp3) is 0.500. The Morgan fingerprint density at radius 1 is 1.24 bits per heavy atom. The molecule has 1 heterocycles. The average Bonchev–Trinajstić information content (AvgIpc) is 2.43. The van der Waals surface area contributed by atoms with E-state index in [1.165, 1.54) is 6.42 Å². The molecule has 0 spiro atoms. The van der Waals surface area contributed by atoms with Gasteiger partial charge in [0.2, 0.25) is 5.91 Å². The van der Waals surface area contributed by atoms with E-state index < -0.39 is 5.91 Å². The van der Waals surface area contributed by atoms with E-state index in [0.29, 0.717) is 29.9 Å². The summed E-state index contributed by atoms with van der Waals surface area (Å²) in [5.41, 5.74) is 6.14. The standard InChI is InChI=1S/C16H23N3O2/c1-11-6-5-7-12(2)19(11)10-15(20)18-14-9-4-3-8-13(14)16(17)21/h3-4,8-9,11-12H,5-7,10H2,1-2H3,(H2,17,21)(H,18,20). The molecule has 0 radical (unpaired) electrons. The first-order valence-corrected chi connectivity index (χ1v) is 7.43. The molecular weight excluding hydrogens is 266 g/mol. The highest BCUT2D eigenvalue weighted by molar-refractivity contribution is 6.03. The Morgan fingerprint density at radius 3 is 2.48 bits per heavy atom. The summed E-state index contributed by atoms with van der Waals surface area (Å²) in [5.74, 6) is -0.644. The van der Waals surface area contributed by atoms with Crippen molar-refractivity contribution in [3.63, 3.8) is 0 Å². The van der Waals surface area contributed by atoms with Gasteiger partial charge in [0.15, 0.2) is 0 Å². The second kappa shape index (κ2) is 6.72. The molecule has 1 fully saturated rings. The topological polar surface area (TPSA) is 75.4 Å². The van der Waals surface area contributed by atoms with E-state index in [1.54, 1.807) is 24.3 Å². The summed E-state index contributed by atoms with van der Waals surface area (Å²) in [5, 5.41) is 2.80. The minimum absolute atomic E-state index is 0.107. The quantitative estimate of drug-likeness (QED) is 0.890. The number of carbonyl (C=O) groups excluding carboxylic acids is 2. The number of para-hydroxylation sites is 1. The Bertz CT molecular complexity index is 520. The van der Waals surface area contributed by atoms with Crippen molar-refractivity contribution in [2.75, 3.05) is 11.9 Å². The number of nitrogens with one attached hydrogen (secondary N) is 1. The third-order valence-electron chi connectivity index (χ3n) is 4.17. The molecule has 1 aromatic rings. The highest BCUT2D eigenvalue weighted by atomic mass is 16.2. The van der Waals surface area contributed by atoms with Gasteiger partial charge in [-0.25, -0.2) is 0 Å². The number of piperidine rings is 1. The van der Waals surface area contributed by atoms with Crippen molar-refractivity contribution >= 4 is 17.5 Å². The zero-order chi connectivity index (χ0) is 15.4. The van der Waals surface area contributed by atoms with Gasteiger partial charge in [-0.15, -0.1) is 0 Å². The van der Waals surface area contributed by atoms with Gasteiger partial charge in [-0.05, 0) is 38.8 Å². The van der Waals surface area contributed by atoms with Crippen LogP contribution in [-0.4, -0.2) is 35.3 Å². The molecule has 5 nitrogen and oxygen atoms in total. The molecule has 3 N–H and O–H groups in total. The number of carbonyl (C=O) groups is 2. The number of hydrogen-bond acceptors (Lipinski definition) is 3. The van der Waals surface area contributed by atoms with E-state index in [1.807, 2.05) is 0 Å². The number of likely N-dealkylation sites (tertiary alicyclic amines) is 1. The molecule has 2 rings (SSSR count). The number of nitrogens with zero attached hydrogens (tertiary/aromatic N) is 1. The molecule has 1 aliphatic rings. The summed E-state index contributed by atoms with van der Waals surface area (Å²) >= 11 is 0. The zero-order valence-corrected chi connectivity index (χ0v) is 12.6. The molecule has 2 unspecified atom stereocenters. The first-order chi connectivity index (χ1) is 9.99. The summed E-state index contributed by atoms with van der Waals surface area (Å²) in [6.07, 6.45) is 3.45. The third-order valence-corrected chi connectivity index (χ3v) is 4.17. The maximum atomic E-state index is 12.2. The van der Waals surface area contributed by atoms with Gasteiger partial charge >= 0.3 is 0 Å². The molecule has 0 bridgehead atoms. The molecule has 5 heteroatoms. The van der Waals surface area contributed by atoms with E-state index in [9.17, 15) is 9.59 Å². The van der Waals surface area contributed by atoms with Crippen LogP contribution in [0.15, 0.2) is 24.3 Å². The molecule has 0 aliphatic carbocycles. The van der Waals surface area contributed by atoms with Gasteiger partial charge in [-0.3, -0.25) is 14.5 Å². The van der Waals surface area contributed by atoms with Crippen LogP contribution in [0.5, 0.6) is 0 Å². The van der Waals surface area contributed by atoms with E-state index in [2.05, 4.69) is 24.1 Å². The second-order valence-electron chi connectivity index (χ2n) is 5.76. The van der Waals surface area contributed by atoms with E-state index in [0.717, 1.165) is 12.8 Å². The molecular formula is C16H23N3O2. The highest BCUT2D eigenvalue weighted by Gasteiger charge is 2.26. The second-order valence-corrected chi connectivity index (χ2v) is 5.76. The molecule has 2 amide bonds. The van der Waals surface area contributed by atoms with Crippen molar-refractivity contribution in [2.24, 2.45) is 5.73 Å². The summed E-state index contributed by atoms with van der Waals surface area (Å²) in [6.45, 7) is 4.65.